The number of morpholine rings is 1. The Labute approximate surface area is 220 Å². The van der Waals surface area contributed by atoms with Crippen LogP contribution in [0.5, 0.6) is 0 Å². The highest BCUT2D eigenvalue weighted by molar-refractivity contribution is 5.94. The quantitative estimate of drug-likeness (QED) is 0.396. The summed E-state index contributed by atoms with van der Waals surface area (Å²) in [5.41, 5.74) is 4.47. The number of aliphatic hydroxyl groups is 1. The predicted molar refractivity (Wildman–Crippen MR) is 144 cm³/mol. The molecule has 2 atom stereocenters. The lowest BCUT2D eigenvalue weighted by Gasteiger charge is -2.29. The van der Waals surface area contributed by atoms with E-state index in [1.165, 1.54) is 18.7 Å². The van der Waals surface area contributed by atoms with Gasteiger partial charge in [0.1, 0.15) is 24.6 Å². The minimum absolute atomic E-state index is 0.185. The summed E-state index contributed by atoms with van der Waals surface area (Å²) in [4.78, 5) is 24.5. The average molecular weight is 513 g/mol. The molecule has 4 heterocycles. The van der Waals surface area contributed by atoms with Crippen molar-refractivity contribution in [2.45, 2.75) is 38.2 Å². The summed E-state index contributed by atoms with van der Waals surface area (Å²) in [7, 11) is 0. The van der Waals surface area contributed by atoms with Gasteiger partial charge in [0.15, 0.2) is 5.82 Å². The van der Waals surface area contributed by atoms with Crippen LogP contribution >= 0.6 is 0 Å². The van der Waals surface area contributed by atoms with Crippen molar-refractivity contribution in [1.82, 2.24) is 19.9 Å². The predicted octanol–water partition coefficient (Wildman–Crippen LogP) is 5.13. The first kappa shape index (κ1) is 24.5. The summed E-state index contributed by atoms with van der Waals surface area (Å²) in [5.74, 6) is 0.360. The maximum absolute atomic E-state index is 15.3. The van der Waals surface area contributed by atoms with E-state index in [2.05, 4.69) is 36.8 Å². The molecular weight excluding hydrogens is 483 g/mol. The van der Waals surface area contributed by atoms with Crippen LogP contribution in [0.3, 0.4) is 0 Å². The molecule has 2 aromatic heterocycles. The molecule has 0 spiro atoms. The van der Waals surface area contributed by atoms with Crippen molar-refractivity contribution in [1.29, 1.82) is 0 Å². The molecule has 1 saturated heterocycles. The van der Waals surface area contributed by atoms with Gasteiger partial charge in [-0.3, -0.25) is 0 Å². The van der Waals surface area contributed by atoms with Crippen LogP contribution in [0.2, 0.25) is 0 Å². The Hall–Kier alpha value is -3.82. The van der Waals surface area contributed by atoms with Crippen LogP contribution in [0.4, 0.5) is 15.9 Å². The topological polar surface area (TPSA) is 96.6 Å². The number of aliphatic hydroxyl groups excluding tert-OH is 1. The lowest BCUT2D eigenvalue weighted by molar-refractivity contribution is 0.122. The molecule has 6 rings (SSSR count). The number of ether oxygens (including phenoxy) is 1. The van der Waals surface area contributed by atoms with Crippen molar-refractivity contribution in [3.63, 3.8) is 0 Å². The van der Waals surface area contributed by atoms with Crippen molar-refractivity contribution in [3.05, 3.63) is 71.7 Å². The van der Waals surface area contributed by atoms with Crippen LogP contribution in [0.1, 0.15) is 55.0 Å². The molecule has 0 radical (unpaired) electrons. The molecule has 2 aliphatic heterocycles. The number of rotatable bonds is 5. The van der Waals surface area contributed by atoms with E-state index in [0.717, 1.165) is 54.5 Å². The van der Waals surface area contributed by atoms with Gasteiger partial charge < -0.3 is 14.7 Å². The zero-order chi connectivity index (χ0) is 26.1. The Morgan fingerprint density at radius 1 is 1.05 bits per heavy atom. The van der Waals surface area contributed by atoms with Crippen LogP contribution in [0, 0.1) is 5.82 Å². The van der Waals surface area contributed by atoms with E-state index in [1.54, 1.807) is 12.1 Å². The van der Waals surface area contributed by atoms with E-state index in [4.69, 9.17) is 4.74 Å². The van der Waals surface area contributed by atoms with Gasteiger partial charge in [0.25, 0.3) is 0 Å². The molecule has 4 aromatic rings. The lowest BCUT2D eigenvalue weighted by atomic mass is 9.88. The van der Waals surface area contributed by atoms with Gasteiger partial charge in [-0.05, 0) is 61.1 Å². The number of halogens is 1. The highest BCUT2D eigenvalue weighted by Gasteiger charge is 2.27. The largest absolute Gasteiger partial charge is 0.382 e. The van der Waals surface area contributed by atoms with Gasteiger partial charge in [0.05, 0.1) is 30.1 Å². The monoisotopic (exact) mass is 512 g/mol. The molecule has 194 valence electrons. The van der Waals surface area contributed by atoms with Gasteiger partial charge in [0, 0.05) is 41.5 Å². The lowest BCUT2D eigenvalue weighted by Crippen LogP contribution is -2.36. The second-order valence-corrected chi connectivity index (χ2v) is 9.66. The van der Waals surface area contributed by atoms with Crippen molar-refractivity contribution in [2.75, 3.05) is 31.2 Å². The molecule has 2 aliphatic rings. The minimum atomic E-state index is -1.06. The standard InChI is InChI=1S/C29H29FN6O2/c1-2-18-4-3-9-31-29-25(18)27(34-17-35-29)28(37)19-5-8-23(30)22(14-19)26-21-7-6-20(15-24(21)32-16-33-26)36-10-12-38-13-11-36/h5-9,14-18,28,37H,2-4,10-13H2,1H3. The Morgan fingerprint density at radius 3 is 2.74 bits per heavy atom. The first-order chi connectivity index (χ1) is 18.6. The van der Waals surface area contributed by atoms with Gasteiger partial charge in [-0.15, -0.1) is 0 Å². The summed E-state index contributed by atoms with van der Waals surface area (Å²) in [6.45, 7) is 5.12. The average Bonchev–Trinajstić information content (AvgIpc) is 3.19. The minimum Gasteiger partial charge on any atom is -0.382 e. The zero-order valence-corrected chi connectivity index (χ0v) is 21.2. The fourth-order valence-electron chi connectivity index (χ4n) is 5.42. The molecule has 0 bridgehead atoms. The number of hydrogen-bond donors (Lipinski definition) is 1. The molecule has 1 fully saturated rings. The fourth-order valence-corrected chi connectivity index (χ4v) is 5.42. The third-order valence-electron chi connectivity index (χ3n) is 7.47. The SMILES string of the molecule is CCC1CCC=Nc2ncnc(C(O)c3ccc(F)c(-c4ncnc5cc(N6CCOCC6)ccc45)c3)c21. The van der Waals surface area contributed by atoms with Crippen LogP contribution in [0.25, 0.3) is 22.2 Å². The molecular formula is C29H29FN6O2. The smallest absolute Gasteiger partial charge is 0.158 e. The van der Waals surface area contributed by atoms with Crippen LogP contribution < -0.4 is 4.90 Å². The number of fused-ring (bicyclic) bond motifs is 2. The number of anilines is 1. The van der Waals surface area contributed by atoms with Crippen molar-refractivity contribution in [3.8, 4) is 11.3 Å². The Morgan fingerprint density at radius 2 is 1.89 bits per heavy atom. The number of nitrogens with zero attached hydrogens (tertiary/aromatic N) is 6. The molecule has 1 N–H and O–H groups in total. The Balaban J connectivity index is 1.40. The third-order valence-corrected chi connectivity index (χ3v) is 7.47. The molecule has 2 unspecified atom stereocenters. The zero-order valence-electron chi connectivity index (χ0n) is 21.2. The van der Waals surface area contributed by atoms with Crippen molar-refractivity contribution >= 4 is 28.6 Å². The number of aromatic nitrogens is 4. The van der Waals surface area contributed by atoms with Gasteiger partial charge in [-0.1, -0.05) is 13.0 Å². The fraction of sp³-hybridized carbons (Fsp3) is 0.345. The van der Waals surface area contributed by atoms with E-state index in [-0.39, 0.29) is 5.92 Å². The molecule has 2 aromatic carbocycles. The van der Waals surface area contributed by atoms with Gasteiger partial charge in [-0.25, -0.2) is 29.3 Å². The molecule has 0 saturated carbocycles. The van der Waals surface area contributed by atoms with E-state index in [1.807, 2.05) is 24.4 Å². The summed E-state index contributed by atoms with van der Waals surface area (Å²) in [6.07, 6.45) is 6.34. The van der Waals surface area contributed by atoms with E-state index >= 15 is 4.39 Å². The number of benzene rings is 2. The first-order valence-corrected chi connectivity index (χ1v) is 13.1. The molecule has 9 heteroatoms. The number of hydrogen-bond acceptors (Lipinski definition) is 8. The van der Waals surface area contributed by atoms with Gasteiger partial charge in [0.2, 0.25) is 0 Å². The van der Waals surface area contributed by atoms with Crippen LogP contribution in [-0.4, -0.2) is 57.6 Å². The maximum Gasteiger partial charge on any atom is 0.158 e. The summed E-state index contributed by atoms with van der Waals surface area (Å²) < 4.78 is 20.7. The van der Waals surface area contributed by atoms with Crippen LogP contribution in [-0.2, 0) is 4.74 Å². The molecule has 38 heavy (non-hydrogen) atoms. The second-order valence-electron chi connectivity index (χ2n) is 9.66. The summed E-state index contributed by atoms with van der Waals surface area (Å²) in [5, 5.41) is 12.2. The maximum atomic E-state index is 15.3. The molecule has 8 nitrogen and oxygen atoms in total. The first-order valence-electron chi connectivity index (χ1n) is 13.1. The molecule has 0 amide bonds. The summed E-state index contributed by atoms with van der Waals surface area (Å²) in [6, 6.07) is 10.6. The third kappa shape index (κ3) is 4.52. The Kier molecular flexibility index (Phi) is 6.78. The van der Waals surface area contributed by atoms with Gasteiger partial charge >= 0.3 is 0 Å². The van der Waals surface area contributed by atoms with Gasteiger partial charge in [-0.2, -0.15) is 0 Å². The highest BCUT2D eigenvalue weighted by atomic mass is 19.1. The van der Waals surface area contributed by atoms with Crippen molar-refractivity contribution < 1.29 is 14.2 Å². The Bertz CT molecular complexity index is 1500. The van der Waals surface area contributed by atoms with E-state index < -0.39 is 11.9 Å². The van der Waals surface area contributed by atoms with Crippen LogP contribution in [0.15, 0.2) is 54.0 Å². The number of aliphatic imine (C=N–C) groups is 1. The second kappa shape index (κ2) is 10.5. The molecule has 0 aliphatic carbocycles. The van der Waals surface area contributed by atoms with E-state index in [0.29, 0.717) is 41.5 Å². The summed E-state index contributed by atoms with van der Waals surface area (Å²) >= 11 is 0. The van der Waals surface area contributed by atoms with E-state index in [9.17, 15) is 5.11 Å². The highest BCUT2D eigenvalue weighted by Crippen LogP contribution is 2.39. The van der Waals surface area contributed by atoms with Crippen molar-refractivity contribution in [2.24, 2.45) is 4.99 Å². The normalized spacial score (nSPS) is 18.3.